The molecule has 0 radical (unpaired) electrons. The highest BCUT2D eigenvalue weighted by Crippen LogP contribution is 2.38. The molecule has 0 atom stereocenters. The van der Waals surface area contributed by atoms with Gasteiger partial charge in [0.25, 0.3) is 0 Å². The molecule has 0 nitrogen and oxygen atoms in total. The summed E-state index contributed by atoms with van der Waals surface area (Å²) in [5.41, 5.74) is 0.983. The molecule has 2 saturated carbocycles. The van der Waals surface area contributed by atoms with Gasteiger partial charge in [-0.2, -0.15) is 0 Å². The van der Waals surface area contributed by atoms with Gasteiger partial charge in [0.05, 0.1) is 0 Å². The van der Waals surface area contributed by atoms with Gasteiger partial charge in [-0.15, -0.1) is 0 Å². The van der Waals surface area contributed by atoms with Gasteiger partial charge in [0.2, 0.25) is 0 Å². The maximum atomic E-state index is 13.8. The van der Waals surface area contributed by atoms with E-state index < -0.39 is 11.6 Å². The standard InChI is InChI=1S/C22H30F2/c1-15-3-5-17(6-4-15)7-8-18-9-11-19(12-10-18)20-13-21(23)16(2)22(24)14-20/h7-8,13-15,17-19H,3-6,9-12H2,1-2H3/b8-7+. The first kappa shape index (κ1) is 17.6. The quantitative estimate of drug-likeness (QED) is 0.526. The molecule has 2 aliphatic carbocycles. The SMILES string of the molecule is Cc1c(F)cc(C2CCC(/C=C/C3CCC(C)CC3)CC2)cc1F. The van der Waals surface area contributed by atoms with Crippen LogP contribution in [0.25, 0.3) is 0 Å². The van der Waals surface area contributed by atoms with Crippen LogP contribution >= 0.6 is 0 Å². The number of allylic oxidation sites excluding steroid dienone is 2. The van der Waals surface area contributed by atoms with E-state index in [1.54, 1.807) is 12.1 Å². The summed E-state index contributed by atoms with van der Waals surface area (Å²) >= 11 is 0. The smallest absolute Gasteiger partial charge is 0.129 e. The van der Waals surface area contributed by atoms with E-state index in [1.807, 2.05) is 0 Å². The summed E-state index contributed by atoms with van der Waals surface area (Å²) in [5.74, 6) is 1.84. The van der Waals surface area contributed by atoms with Crippen molar-refractivity contribution in [3.63, 3.8) is 0 Å². The van der Waals surface area contributed by atoms with Gasteiger partial charge in [-0.05, 0) is 86.8 Å². The molecule has 0 spiro atoms. The van der Waals surface area contributed by atoms with Gasteiger partial charge in [0.15, 0.2) is 0 Å². The van der Waals surface area contributed by atoms with Gasteiger partial charge in [-0.3, -0.25) is 0 Å². The minimum atomic E-state index is -0.404. The molecule has 0 aliphatic heterocycles. The largest absolute Gasteiger partial charge is 0.207 e. The molecule has 0 N–H and O–H groups in total. The van der Waals surface area contributed by atoms with Crippen molar-refractivity contribution in [2.45, 2.75) is 71.1 Å². The number of hydrogen-bond acceptors (Lipinski definition) is 0. The Kier molecular flexibility index (Phi) is 5.73. The van der Waals surface area contributed by atoms with Crippen LogP contribution in [0.4, 0.5) is 8.78 Å². The summed E-state index contributed by atoms with van der Waals surface area (Å²) in [4.78, 5) is 0. The third-order valence-corrected chi connectivity index (χ3v) is 6.26. The fraction of sp³-hybridized carbons (Fsp3) is 0.636. The van der Waals surface area contributed by atoms with E-state index in [-0.39, 0.29) is 5.56 Å². The van der Waals surface area contributed by atoms with Gasteiger partial charge in [-0.1, -0.05) is 31.9 Å². The number of hydrogen-bond donors (Lipinski definition) is 0. The Morgan fingerprint density at radius 1 is 0.792 bits per heavy atom. The molecule has 0 saturated heterocycles. The fourth-order valence-electron chi connectivity index (χ4n) is 4.34. The van der Waals surface area contributed by atoms with Crippen molar-refractivity contribution in [1.29, 1.82) is 0 Å². The molecule has 0 unspecified atom stereocenters. The summed E-state index contributed by atoms with van der Waals surface area (Å²) < 4.78 is 27.5. The van der Waals surface area contributed by atoms with Crippen LogP contribution in [0.5, 0.6) is 0 Å². The first-order chi connectivity index (χ1) is 11.5. The Bertz CT molecular complexity index is 551. The summed E-state index contributed by atoms with van der Waals surface area (Å²) in [6.07, 6.45) is 14.7. The highest BCUT2D eigenvalue weighted by Gasteiger charge is 2.23. The van der Waals surface area contributed by atoms with E-state index in [9.17, 15) is 8.78 Å². The van der Waals surface area contributed by atoms with E-state index in [0.717, 1.165) is 43.1 Å². The molecule has 2 heteroatoms. The first-order valence-electron chi connectivity index (χ1n) is 9.66. The second kappa shape index (κ2) is 7.80. The molecule has 2 aliphatic rings. The van der Waals surface area contributed by atoms with Gasteiger partial charge in [-0.25, -0.2) is 8.78 Å². The van der Waals surface area contributed by atoms with E-state index in [0.29, 0.717) is 11.8 Å². The zero-order valence-electron chi connectivity index (χ0n) is 15.0. The molecule has 3 rings (SSSR count). The third-order valence-electron chi connectivity index (χ3n) is 6.26. The lowest BCUT2D eigenvalue weighted by atomic mass is 9.77. The van der Waals surface area contributed by atoms with Crippen LogP contribution in [0.15, 0.2) is 24.3 Å². The molecule has 1 aromatic rings. The Morgan fingerprint density at radius 2 is 1.25 bits per heavy atom. The van der Waals surface area contributed by atoms with Crippen LogP contribution in [-0.4, -0.2) is 0 Å². The third kappa shape index (κ3) is 4.26. The average Bonchev–Trinajstić information content (AvgIpc) is 2.59. The number of halogens is 2. The van der Waals surface area contributed by atoms with Crippen molar-refractivity contribution in [3.05, 3.63) is 47.0 Å². The fourth-order valence-corrected chi connectivity index (χ4v) is 4.34. The van der Waals surface area contributed by atoms with Crippen molar-refractivity contribution in [2.24, 2.45) is 17.8 Å². The predicted molar refractivity (Wildman–Crippen MR) is 96.1 cm³/mol. The van der Waals surface area contributed by atoms with Crippen LogP contribution in [-0.2, 0) is 0 Å². The monoisotopic (exact) mass is 332 g/mol. The van der Waals surface area contributed by atoms with Crippen LogP contribution in [0.3, 0.4) is 0 Å². The molecule has 132 valence electrons. The minimum Gasteiger partial charge on any atom is -0.207 e. The molecule has 0 aromatic heterocycles. The van der Waals surface area contributed by atoms with Crippen LogP contribution in [0.2, 0.25) is 0 Å². The van der Waals surface area contributed by atoms with Crippen LogP contribution in [0, 0.1) is 36.3 Å². The van der Waals surface area contributed by atoms with Crippen molar-refractivity contribution < 1.29 is 8.78 Å². The second-order valence-electron chi connectivity index (χ2n) is 8.13. The molecule has 0 amide bonds. The lowest BCUT2D eigenvalue weighted by molar-refractivity contribution is 0.326. The molecule has 0 heterocycles. The van der Waals surface area contributed by atoms with Crippen LogP contribution < -0.4 is 0 Å². The zero-order valence-corrected chi connectivity index (χ0v) is 15.0. The predicted octanol–water partition coefficient (Wildman–Crippen LogP) is 6.93. The highest BCUT2D eigenvalue weighted by atomic mass is 19.1. The molecule has 0 bridgehead atoms. The average molecular weight is 332 g/mol. The Hall–Kier alpha value is -1.18. The Balaban J connectivity index is 1.52. The van der Waals surface area contributed by atoms with Gasteiger partial charge < -0.3 is 0 Å². The van der Waals surface area contributed by atoms with E-state index in [4.69, 9.17) is 0 Å². The molecular weight excluding hydrogens is 302 g/mol. The second-order valence-corrected chi connectivity index (χ2v) is 8.13. The van der Waals surface area contributed by atoms with E-state index in [1.165, 1.54) is 32.6 Å². The molecule has 24 heavy (non-hydrogen) atoms. The lowest BCUT2D eigenvalue weighted by Gasteiger charge is -2.28. The highest BCUT2D eigenvalue weighted by molar-refractivity contribution is 5.28. The van der Waals surface area contributed by atoms with Gasteiger partial charge >= 0.3 is 0 Å². The van der Waals surface area contributed by atoms with Crippen molar-refractivity contribution in [3.8, 4) is 0 Å². The molecule has 2 fully saturated rings. The topological polar surface area (TPSA) is 0 Å². The summed E-state index contributed by atoms with van der Waals surface area (Å²) in [6.45, 7) is 3.86. The summed E-state index contributed by atoms with van der Waals surface area (Å²) in [6, 6.07) is 3.09. The van der Waals surface area contributed by atoms with E-state index >= 15 is 0 Å². The summed E-state index contributed by atoms with van der Waals surface area (Å²) in [7, 11) is 0. The number of benzene rings is 1. The Morgan fingerprint density at radius 3 is 1.75 bits per heavy atom. The lowest BCUT2D eigenvalue weighted by Crippen LogP contribution is -2.14. The maximum absolute atomic E-state index is 13.8. The van der Waals surface area contributed by atoms with E-state index in [2.05, 4.69) is 19.1 Å². The minimum absolute atomic E-state index is 0.136. The first-order valence-corrected chi connectivity index (χ1v) is 9.66. The molecular formula is C22H30F2. The number of rotatable bonds is 3. The van der Waals surface area contributed by atoms with Gasteiger partial charge in [0, 0.05) is 5.56 Å². The zero-order chi connectivity index (χ0) is 17.1. The van der Waals surface area contributed by atoms with Crippen molar-refractivity contribution in [1.82, 2.24) is 0 Å². The van der Waals surface area contributed by atoms with Crippen molar-refractivity contribution in [2.75, 3.05) is 0 Å². The Labute approximate surface area is 145 Å². The van der Waals surface area contributed by atoms with Crippen LogP contribution in [0.1, 0.15) is 75.3 Å². The van der Waals surface area contributed by atoms with Crippen molar-refractivity contribution >= 4 is 0 Å². The van der Waals surface area contributed by atoms with Gasteiger partial charge in [0.1, 0.15) is 11.6 Å². The summed E-state index contributed by atoms with van der Waals surface area (Å²) in [5, 5.41) is 0. The molecule has 1 aromatic carbocycles. The normalized spacial score (nSPS) is 31.5. The maximum Gasteiger partial charge on any atom is 0.129 e.